The fourth-order valence-corrected chi connectivity index (χ4v) is 2.09. The molecule has 0 aromatic carbocycles. The van der Waals surface area contributed by atoms with Gasteiger partial charge < -0.3 is 5.73 Å². The van der Waals surface area contributed by atoms with Crippen LogP contribution in [-0.4, -0.2) is 9.38 Å². The second kappa shape index (κ2) is 3.37. The summed E-state index contributed by atoms with van der Waals surface area (Å²) < 4.78 is 2.93. The van der Waals surface area contributed by atoms with Crippen molar-refractivity contribution in [2.75, 3.05) is 0 Å². The molecule has 14 heavy (non-hydrogen) atoms. The number of imidazole rings is 1. The van der Waals surface area contributed by atoms with Gasteiger partial charge in [0.15, 0.2) is 0 Å². The number of halogens is 1. The van der Waals surface area contributed by atoms with E-state index in [2.05, 4.69) is 25.3 Å². The van der Waals surface area contributed by atoms with Gasteiger partial charge in [0, 0.05) is 5.69 Å². The van der Waals surface area contributed by atoms with Gasteiger partial charge in [-0.15, -0.1) is 0 Å². The van der Waals surface area contributed by atoms with Crippen molar-refractivity contribution in [3.8, 4) is 0 Å². The van der Waals surface area contributed by atoms with E-state index in [1.807, 2.05) is 32.0 Å². The molecule has 2 N–H and O–H groups in total. The van der Waals surface area contributed by atoms with Crippen molar-refractivity contribution in [2.24, 2.45) is 5.73 Å². The van der Waals surface area contributed by atoms with Crippen LogP contribution in [0, 0.1) is 6.92 Å². The van der Waals surface area contributed by atoms with Gasteiger partial charge in [-0.2, -0.15) is 0 Å². The maximum absolute atomic E-state index is 5.86. The predicted molar refractivity (Wildman–Crippen MR) is 60.2 cm³/mol. The van der Waals surface area contributed by atoms with Gasteiger partial charge >= 0.3 is 0 Å². The average molecular weight is 254 g/mol. The number of fused-ring (bicyclic) bond motifs is 1. The Bertz CT molecular complexity index is 473. The van der Waals surface area contributed by atoms with Gasteiger partial charge in [0.25, 0.3) is 0 Å². The van der Waals surface area contributed by atoms with Crippen molar-refractivity contribution < 1.29 is 0 Å². The van der Waals surface area contributed by atoms with E-state index in [0.29, 0.717) is 0 Å². The normalized spacial score (nSPS) is 13.4. The van der Waals surface area contributed by atoms with Crippen molar-refractivity contribution in [3.63, 3.8) is 0 Å². The third-order valence-corrected chi connectivity index (χ3v) is 2.83. The van der Waals surface area contributed by atoms with Crippen molar-refractivity contribution >= 4 is 21.4 Å². The Kier molecular flexibility index (Phi) is 2.33. The summed E-state index contributed by atoms with van der Waals surface area (Å²) in [6, 6.07) is 6.03. The molecule has 2 heterocycles. The molecular weight excluding hydrogens is 242 g/mol. The molecule has 0 fully saturated rings. The number of aromatic nitrogens is 2. The minimum atomic E-state index is -0.0603. The smallest absolute Gasteiger partial charge is 0.132 e. The molecule has 0 amide bonds. The minimum absolute atomic E-state index is 0.0603. The quantitative estimate of drug-likeness (QED) is 0.849. The van der Waals surface area contributed by atoms with E-state index in [-0.39, 0.29) is 6.04 Å². The van der Waals surface area contributed by atoms with Gasteiger partial charge in [-0.05, 0) is 41.9 Å². The average Bonchev–Trinajstić information content (AvgIpc) is 2.46. The highest BCUT2D eigenvalue weighted by Crippen LogP contribution is 2.22. The topological polar surface area (TPSA) is 43.3 Å². The third kappa shape index (κ3) is 1.35. The van der Waals surface area contributed by atoms with Crippen molar-refractivity contribution in [1.82, 2.24) is 9.38 Å². The standard InChI is InChI=1S/C10H12BrN3/c1-6-4-3-5-8-9(11)13-10(7(2)12)14(6)8/h3-5,7H,12H2,1-2H3. The largest absolute Gasteiger partial charge is 0.322 e. The molecule has 0 aliphatic rings. The number of pyridine rings is 1. The van der Waals surface area contributed by atoms with Crippen LogP contribution >= 0.6 is 15.9 Å². The molecule has 1 atom stereocenters. The molecule has 2 aromatic rings. The van der Waals surface area contributed by atoms with Crippen molar-refractivity contribution in [3.05, 3.63) is 34.3 Å². The summed E-state index contributed by atoms with van der Waals surface area (Å²) in [4.78, 5) is 4.40. The first-order chi connectivity index (χ1) is 6.61. The Labute approximate surface area is 91.1 Å². The second-order valence-electron chi connectivity index (χ2n) is 3.44. The van der Waals surface area contributed by atoms with Crippen LogP contribution in [0.2, 0.25) is 0 Å². The van der Waals surface area contributed by atoms with Crippen LogP contribution < -0.4 is 5.73 Å². The Hall–Kier alpha value is -0.870. The zero-order chi connectivity index (χ0) is 10.3. The van der Waals surface area contributed by atoms with Crippen LogP contribution in [0.5, 0.6) is 0 Å². The Morgan fingerprint density at radius 1 is 1.50 bits per heavy atom. The van der Waals surface area contributed by atoms with Crippen LogP contribution in [0.25, 0.3) is 5.52 Å². The molecule has 0 bridgehead atoms. The van der Waals surface area contributed by atoms with Gasteiger partial charge in [0.2, 0.25) is 0 Å². The van der Waals surface area contributed by atoms with E-state index in [1.54, 1.807) is 0 Å². The number of hydrogen-bond acceptors (Lipinski definition) is 2. The van der Waals surface area contributed by atoms with E-state index in [9.17, 15) is 0 Å². The van der Waals surface area contributed by atoms with E-state index in [1.165, 1.54) is 0 Å². The summed E-state index contributed by atoms with van der Waals surface area (Å²) in [6.07, 6.45) is 0. The fourth-order valence-electron chi connectivity index (χ4n) is 1.60. The first-order valence-electron chi connectivity index (χ1n) is 4.50. The summed E-state index contributed by atoms with van der Waals surface area (Å²) in [7, 11) is 0. The Balaban J connectivity index is 2.86. The number of rotatable bonds is 1. The van der Waals surface area contributed by atoms with Crippen LogP contribution in [0.4, 0.5) is 0 Å². The second-order valence-corrected chi connectivity index (χ2v) is 4.19. The van der Waals surface area contributed by atoms with E-state index >= 15 is 0 Å². The highest BCUT2D eigenvalue weighted by molar-refractivity contribution is 9.10. The first kappa shape index (κ1) is 9.68. The summed E-state index contributed by atoms with van der Waals surface area (Å²) in [5.41, 5.74) is 8.07. The number of nitrogens with two attached hydrogens (primary N) is 1. The number of aryl methyl sites for hydroxylation is 1. The first-order valence-corrected chi connectivity index (χ1v) is 5.29. The number of nitrogens with zero attached hydrogens (tertiary/aromatic N) is 2. The van der Waals surface area contributed by atoms with Crippen LogP contribution in [0.1, 0.15) is 24.5 Å². The molecule has 74 valence electrons. The molecule has 4 heteroatoms. The van der Waals surface area contributed by atoms with Gasteiger partial charge in [0.05, 0.1) is 11.6 Å². The zero-order valence-electron chi connectivity index (χ0n) is 8.16. The van der Waals surface area contributed by atoms with Crippen LogP contribution in [0.3, 0.4) is 0 Å². The molecule has 0 radical (unpaired) electrons. The zero-order valence-corrected chi connectivity index (χ0v) is 9.75. The molecule has 3 nitrogen and oxygen atoms in total. The Morgan fingerprint density at radius 3 is 2.86 bits per heavy atom. The molecule has 0 aliphatic heterocycles. The van der Waals surface area contributed by atoms with E-state index in [0.717, 1.165) is 21.6 Å². The molecule has 0 spiro atoms. The highest BCUT2D eigenvalue weighted by Gasteiger charge is 2.12. The summed E-state index contributed by atoms with van der Waals surface area (Å²) >= 11 is 3.43. The molecular formula is C10H12BrN3. The molecule has 0 aliphatic carbocycles. The lowest BCUT2D eigenvalue weighted by Gasteiger charge is -2.06. The number of hydrogen-bond donors (Lipinski definition) is 1. The van der Waals surface area contributed by atoms with Crippen LogP contribution in [-0.2, 0) is 0 Å². The molecule has 1 unspecified atom stereocenters. The predicted octanol–water partition coefficient (Wildman–Crippen LogP) is 2.42. The molecule has 0 saturated carbocycles. The van der Waals surface area contributed by atoms with Gasteiger partial charge in [-0.3, -0.25) is 4.40 Å². The van der Waals surface area contributed by atoms with Gasteiger partial charge in [-0.25, -0.2) is 4.98 Å². The Morgan fingerprint density at radius 2 is 2.21 bits per heavy atom. The van der Waals surface area contributed by atoms with Gasteiger partial charge in [0.1, 0.15) is 10.4 Å². The minimum Gasteiger partial charge on any atom is -0.322 e. The SMILES string of the molecule is Cc1cccc2c(Br)nc(C(C)N)n12. The van der Waals surface area contributed by atoms with Gasteiger partial charge in [-0.1, -0.05) is 6.07 Å². The maximum atomic E-state index is 5.86. The summed E-state index contributed by atoms with van der Waals surface area (Å²) in [5, 5.41) is 0. The van der Waals surface area contributed by atoms with E-state index in [4.69, 9.17) is 5.73 Å². The molecule has 2 rings (SSSR count). The van der Waals surface area contributed by atoms with E-state index < -0.39 is 0 Å². The lowest BCUT2D eigenvalue weighted by atomic mass is 10.3. The lowest BCUT2D eigenvalue weighted by Crippen LogP contribution is -2.10. The van der Waals surface area contributed by atoms with Crippen LogP contribution in [0.15, 0.2) is 22.8 Å². The fraction of sp³-hybridized carbons (Fsp3) is 0.300. The maximum Gasteiger partial charge on any atom is 0.132 e. The van der Waals surface area contributed by atoms with Crippen molar-refractivity contribution in [2.45, 2.75) is 19.9 Å². The van der Waals surface area contributed by atoms with Crippen molar-refractivity contribution in [1.29, 1.82) is 0 Å². The lowest BCUT2D eigenvalue weighted by molar-refractivity contribution is 0.728. The highest BCUT2D eigenvalue weighted by atomic mass is 79.9. The molecule has 0 saturated heterocycles. The summed E-state index contributed by atoms with van der Waals surface area (Å²) in [5.74, 6) is 0.893. The molecule has 2 aromatic heterocycles. The summed E-state index contributed by atoms with van der Waals surface area (Å²) in [6.45, 7) is 3.99. The third-order valence-electron chi connectivity index (χ3n) is 2.25. The monoisotopic (exact) mass is 253 g/mol.